The van der Waals surface area contributed by atoms with Gasteiger partial charge in [-0.2, -0.15) is 4.98 Å². The minimum absolute atomic E-state index is 0.101. The van der Waals surface area contributed by atoms with E-state index in [1.807, 2.05) is 56.3 Å². The second-order valence-corrected chi connectivity index (χ2v) is 8.58. The van der Waals surface area contributed by atoms with Gasteiger partial charge >= 0.3 is 0 Å². The maximum Gasteiger partial charge on any atom is 0.258 e. The monoisotopic (exact) mass is 473 g/mol. The van der Waals surface area contributed by atoms with E-state index in [4.69, 9.17) is 11.6 Å². The molecule has 0 aliphatic carbocycles. The van der Waals surface area contributed by atoms with Gasteiger partial charge in [-0.05, 0) is 49.8 Å². The molecule has 1 unspecified atom stereocenters. The average Bonchev–Trinajstić information content (AvgIpc) is 3.22. The van der Waals surface area contributed by atoms with Crippen molar-refractivity contribution in [2.24, 2.45) is 0 Å². The molecule has 1 aromatic heterocycles. The highest BCUT2D eigenvalue weighted by atomic mass is 35.5. The molecule has 1 aliphatic rings. The summed E-state index contributed by atoms with van der Waals surface area (Å²) in [7, 11) is 0. The van der Waals surface area contributed by atoms with E-state index in [0.717, 1.165) is 22.4 Å². The molecule has 0 radical (unpaired) electrons. The van der Waals surface area contributed by atoms with Crippen LogP contribution < -0.4 is 10.6 Å². The molecule has 1 atom stereocenters. The van der Waals surface area contributed by atoms with E-state index in [1.54, 1.807) is 24.3 Å². The highest BCUT2D eigenvalue weighted by Crippen LogP contribution is 2.37. The molecule has 6 nitrogen and oxygen atoms in total. The summed E-state index contributed by atoms with van der Waals surface area (Å²) in [5, 5.41) is 10.7. The summed E-state index contributed by atoms with van der Waals surface area (Å²) in [5.74, 6) is -0.327. The number of allylic oxidation sites excluding steroid dienone is 1. The van der Waals surface area contributed by atoms with E-state index in [2.05, 4.69) is 20.7 Å². The lowest BCUT2D eigenvalue weighted by molar-refractivity contribution is 0.102. The summed E-state index contributed by atoms with van der Waals surface area (Å²) < 4.78 is 16.4. The molecule has 1 aliphatic heterocycles. The molecular formula is C26H21ClFN5O. The van der Waals surface area contributed by atoms with Crippen molar-refractivity contribution in [3.63, 3.8) is 0 Å². The normalized spacial score (nSPS) is 14.7. The molecule has 8 heteroatoms. The molecule has 0 spiro atoms. The Balaban J connectivity index is 1.55. The molecule has 170 valence electrons. The summed E-state index contributed by atoms with van der Waals surface area (Å²) in [6, 6.07) is 19.0. The Labute approximate surface area is 201 Å². The number of aromatic nitrogens is 3. The quantitative estimate of drug-likeness (QED) is 0.381. The van der Waals surface area contributed by atoms with Crippen LogP contribution in [0.5, 0.6) is 0 Å². The molecule has 1 amide bonds. The molecular weight excluding hydrogens is 453 g/mol. The molecule has 4 aromatic rings. The molecule has 34 heavy (non-hydrogen) atoms. The van der Waals surface area contributed by atoms with Gasteiger partial charge in [0.05, 0.1) is 0 Å². The Hall–Kier alpha value is -3.97. The largest absolute Gasteiger partial charge is 0.324 e. The lowest BCUT2D eigenvalue weighted by atomic mass is 10.0. The van der Waals surface area contributed by atoms with Gasteiger partial charge in [0.25, 0.3) is 11.9 Å². The van der Waals surface area contributed by atoms with Gasteiger partial charge in [-0.15, -0.1) is 5.10 Å². The van der Waals surface area contributed by atoms with Gasteiger partial charge in [-0.3, -0.25) is 10.1 Å². The number of hydrogen-bond acceptors (Lipinski definition) is 4. The topological polar surface area (TPSA) is 71.8 Å². The smallest absolute Gasteiger partial charge is 0.258 e. The Morgan fingerprint density at radius 1 is 1.03 bits per heavy atom. The first-order valence-corrected chi connectivity index (χ1v) is 11.1. The van der Waals surface area contributed by atoms with Gasteiger partial charge in [0.15, 0.2) is 0 Å². The van der Waals surface area contributed by atoms with Gasteiger partial charge < -0.3 is 5.32 Å². The molecule has 0 bridgehead atoms. The molecule has 0 saturated heterocycles. The van der Waals surface area contributed by atoms with Gasteiger partial charge in [0.1, 0.15) is 11.9 Å². The highest BCUT2D eigenvalue weighted by Gasteiger charge is 2.29. The number of anilines is 2. The molecule has 2 heterocycles. The Bertz CT molecular complexity index is 1390. The number of halogens is 2. The lowest BCUT2D eigenvalue weighted by Crippen LogP contribution is -2.21. The van der Waals surface area contributed by atoms with Crippen molar-refractivity contribution in [1.82, 2.24) is 14.8 Å². The minimum Gasteiger partial charge on any atom is -0.324 e. The van der Waals surface area contributed by atoms with E-state index >= 15 is 0 Å². The van der Waals surface area contributed by atoms with Crippen molar-refractivity contribution in [2.75, 3.05) is 10.6 Å². The van der Waals surface area contributed by atoms with Crippen molar-refractivity contribution in [1.29, 1.82) is 0 Å². The predicted octanol–water partition coefficient (Wildman–Crippen LogP) is 6.00. The van der Waals surface area contributed by atoms with Crippen LogP contribution >= 0.6 is 11.6 Å². The second kappa shape index (κ2) is 8.76. The fourth-order valence-corrected chi connectivity index (χ4v) is 4.10. The van der Waals surface area contributed by atoms with Gasteiger partial charge in [-0.1, -0.05) is 65.2 Å². The van der Waals surface area contributed by atoms with Crippen molar-refractivity contribution in [3.8, 4) is 0 Å². The zero-order valence-electron chi connectivity index (χ0n) is 18.5. The third-order valence-electron chi connectivity index (χ3n) is 5.66. The van der Waals surface area contributed by atoms with E-state index < -0.39 is 11.9 Å². The van der Waals surface area contributed by atoms with Crippen LogP contribution in [-0.2, 0) is 0 Å². The maximum atomic E-state index is 14.9. The van der Waals surface area contributed by atoms with Crippen LogP contribution in [0.1, 0.15) is 38.7 Å². The molecule has 3 aromatic carbocycles. The lowest BCUT2D eigenvalue weighted by Gasteiger charge is -2.25. The average molecular weight is 474 g/mol. The molecule has 0 saturated carbocycles. The van der Waals surface area contributed by atoms with Gasteiger partial charge in [-0.25, -0.2) is 9.07 Å². The predicted molar refractivity (Wildman–Crippen MR) is 131 cm³/mol. The number of hydrogen-bond donors (Lipinski definition) is 2. The maximum absolute atomic E-state index is 14.9. The second-order valence-electron chi connectivity index (χ2n) is 8.18. The summed E-state index contributed by atoms with van der Waals surface area (Å²) >= 11 is 6.41. The SMILES string of the molecule is Cc1ccc(C(=O)Nc2nc3n(n2)C(c2c(F)cccc2Cl)C=C(c2ccc(C)cc2)N3)cc1. The Morgan fingerprint density at radius 3 is 2.38 bits per heavy atom. The van der Waals surface area contributed by atoms with E-state index in [0.29, 0.717) is 11.5 Å². The number of benzene rings is 3. The van der Waals surface area contributed by atoms with Crippen molar-refractivity contribution in [2.45, 2.75) is 19.9 Å². The number of rotatable bonds is 4. The number of aryl methyl sites for hydroxylation is 2. The number of carbonyl (C=O) groups excluding carboxylic acids is 1. The van der Waals surface area contributed by atoms with Crippen molar-refractivity contribution in [3.05, 3.63) is 111 Å². The molecule has 0 fully saturated rings. The van der Waals surface area contributed by atoms with Crippen LogP contribution in [0, 0.1) is 19.7 Å². The number of carbonyl (C=O) groups is 1. The fraction of sp³-hybridized carbons (Fsp3) is 0.115. The van der Waals surface area contributed by atoms with Crippen LogP contribution in [-0.4, -0.2) is 20.7 Å². The van der Waals surface area contributed by atoms with Crippen LogP contribution in [0.3, 0.4) is 0 Å². The Morgan fingerprint density at radius 2 is 1.71 bits per heavy atom. The van der Waals surface area contributed by atoms with Crippen molar-refractivity contribution >= 4 is 35.1 Å². The fourth-order valence-electron chi connectivity index (χ4n) is 3.83. The number of nitrogens with one attached hydrogen (secondary N) is 2. The number of nitrogens with zero attached hydrogens (tertiary/aromatic N) is 3. The van der Waals surface area contributed by atoms with Gasteiger partial charge in [0.2, 0.25) is 5.95 Å². The van der Waals surface area contributed by atoms with Gasteiger partial charge in [0, 0.05) is 21.8 Å². The summed E-state index contributed by atoms with van der Waals surface area (Å²) in [6.45, 7) is 3.96. The van der Waals surface area contributed by atoms with E-state index in [1.165, 1.54) is 10.7 Å². The Kier molecular flexibility index (Phi) is 5.63. The number of amides is 1. The zero-order valence-corrected chi connectivity index (χ0v) is 19.3. The summed E-state index contributed by atoms with van der Waals surface area (Å²) in [6.07, 6.45) is 1.85. The van der Waals surface area contributed by atoms with E-state index in [-0.39, 0.29) is 22.4 Å². The third-order valence-corrected chi connectivity index (χ3v) is 5.99. The first-order chi connectivity index (χ1) is 16.4. The first kappa shape index (κ1) is 21.9. The molecule has 2 N–H and O–H groups in total. The number of fused-ring (bicyclic) bond motifs is 1. The standard InChI is InChI=1S/C26H21ClFN5O/c1-15-6-10-17(11-7-15)21-14-22(23-19(27)4-3-5-20(23)28)33-26(29-21)31-25(32-33)30-24(34)18-12-8-16(2)9-13-18/h3-14,22H,1-2H3,(H2,29,30,31,32,34). The van der Waals surface area contributed by atoms with E-state index in [9.17, 15) is 9.18 Å². The van der Waals surface area contributed by atoms with Crippen LogP contribution in [0.15, 0.2) is 72.8 Å². The summed E-state index contributed by atoms with van der Waals surface area (Å²) in [5.41, 5.74) is 4.58. The summed E-state index contributed by atoms with van der Waals surface area (Å²) in [4.78, 5) is 17.2. The van der Waals surface area contributed by atoms with Crippen LogP contribution in [0.4, 0.5) is 16.3 Å². The van der Waals surface area contributed by atoms with Crippen molar-refractivity contribution < 1.29 is 9.18 Å². The first-order valence-electron chi connectivity index (χ1n) is 10.7. The molecule has 5 rings (SSSR count). The highest BCUT2D eigenvalue weighted by molar-refractivity contribution is 6.31. The third kappa shape index (κ3) is 4.18. The zero-order chi connectivity index (χ0) is 23.8. The minimum atomic E-state index is -0.668. The van der Waals surface area contributed by atoms with Crippen LogP contribution in [0.25, 0.3) is 5.70 Å². The van der Waals surface area contributed by atoms with Crippen LogP contribution in [0.2, 0.25) is 5.02 Å².